The first-order valence-electron chi connectivity index (χ1n) is 5.81. The minimum absolute atomic E-state index is 0.182. The average Bonchev–Trinajstić information content (AvgIpc) is 2.86. The quantitative estimate of drug-likeness (QED) is 0.777. The molecule has 19 heavy (non-hydrogen) atoms. The molecule has 1 N–H and O–H groups in total. The van der Waals surface area contributed by atoms with E-state index in [1.165, 1.54) is 0 Å². The maximum atomic E-state index is 12.3. The zero-order valence-corrected chi connectivity index (χ0v) is 11.1. The topological polar surface area (TPSA) is 54.9 Å². The lowest BCUT2D eigenvalue weighted by Crippen LogP contribution is -2.14. The van der Waals surface area contributed by atoms with Gasteiger partial charge in [-0.25, -0.2) is 9.97 Å². The summed E-state index contributed by atoms with van der Waals surface area (Å²) < 4.78 is 0.979. The van der Waals surface area contributed by atoms with Crippen molar-refractivity contribution in [3.05, 3.63) is 53.2 Å². The number of thiophene rings is 1. The third-order valence-corrected chi connectivity index (χ3v) is 3.71. The van der Waals surface area contributed by atoms with Gasteiger partial charge >= 0.3 is 0 Å². The van der Waals surface area contributed by atoms with Gasteiger partial charge in [0.25, 0.3) is 5.91 Å². The molecule has 2 aromatic heterocycles. The van der Waals surface area contributed by atoms with Crippen molar-refractivity contribution in [3.8, 4) is 0 Å². The molecule has 1 aromatic carbocycles. The summed E-state index contributed by atoms with van der Waals surface area (Å²) in [6.07, 6.45) is 1.63. The van der Waals surface area contributed by atoms with E-state index in [2.05, 4.69) is 15.3 Å². The van der Waals surface area contributed by atoms with Crippen molar-refractivity contribution in [3.63, 3.8) is 0 Å². The normalized spacial score (nSPS) is 10.6. The highest BCUT2D eigenvalue weighted by molar-refractivity contribution is 7.17. The van der Waals surface area contributed by atoms with E-state index >= 15 is 0 Å². The Kier molecular flexibility index (Phi) is 2.97. The fourth-order valence-electron chi connectivity index (χ4n) is 1.85. The number of nitrogens with one attached hydrogen (secondary N) is 1. The molecule has 0 unspecified atom stereocenters. The predicted molar refractivity (Wildman–Crippen MR) is 76.5 cm³/mol. The molecule has 2 heterocycles. The highest BCUT2D eigenvalue weighted by Gasteiger charge is 2.12. The van der Waals surface area contributed by atoms with Crippen LogP contribution in [0, 0.1) is 6.92 Å². The second-order valence-corrected chi connectivity index (χ2v) is 5.04. The van der Waals surface area contributed by atoms with Crippen LogP contribution in [0.15, 0.2) is 41.9 Å². The van der Waals surface area contributed by atoms with Crippen LogP contribution in [0.4, 0.5) is 5.95 Å². The molecule has 1 amide bonds. The van der Waals surface area contributed by atoms with E-state index in [1.807, 2.05) is 36.6 Å². The molecule has 0 aliphatic rings. The van der Waals surface area contributed by atoms with Crippen LogP contribution in [0.5, 0.6) is 0 Å². The van der Waals surface area contributed by atoms with Crippen LogP contribution in [-0.4, -0.2) is 15.9 Å². The van der Waals surface area contributed by atoms with Gasteiger partial charge < -0.3 is 0 Å². The van der Waals surface area contributed by atoms with E-state index in [-0.39, 0.29) is 5.91 Å². The lowest BCUT2D eigenvalue weighted by Gasteiger charge is -2.05. The number of aryl methyl sites for hydroxylation is 1. The van der Waals surface area contributed by atoms with Gasteiger partial charge in [-0.3, -0.25) is 10.1 Å². The van der Waals surface area contributed by atoms with E-state index in [1.54, 1.807) is 23.6 Å². The standard InChI is InChI=1S/C14H11N3OS/c1-9-5-7-15-14(16-9)17-13(18)11-4-2-3-10-6-8-19-12(10)11/h2-8H,1H3,(H,15,16,17,18). The smallest absolute Gasteiger partial charge is 0.259 e. The molecule has 0 atom stereocenters. The first-order valence-corrected chi connectivity index (χ1v) is 6.69. The van der Waals surface area contributed by atoms with Crippen LogP contribution in [0.25, 0.3) is 10.1 Å². The van der Waals surface area contributed by atoms with Gasteiger partial charge in [0.05, 0.1) is 5.56 Å². The first-order chi connectivity index (χ1) is 9.24. The number of aromatic nitrogens is 2. The molecule has 4 nitrogen and oxygen atoms in total. The van der Waals surface area contributed by atoms with Crippen molar-refractivity contribution in [1.29, 1.82) is 0 Å². The number of amides is 1. The Bertz CT molecular complexity index is 751. The Morgan fingerprint density at radius 2 is 2.16 bits per heavy atom. The van der Waals surface area contributed by atoms with Crippen molar-refractivity contribution >= 4 is 33.3 Å². The number of benzene rings is 1. The lowest BCUT2D eigenvalue weighted by atomic mass is 10.1. The fourth-order valence-corrected chi connectivity index (χ4v) is 2.76. The number of fused-ring (bicyclic) bond motifs is 1. The van der Waals surface area contributed by atoms with Gasteiger partial charge in [0.15, 0.2) is 0 Å². The van der Waals surface area contributed by atoms with Gasteiger partial charge in [-0.2, -0.15) is 0 Å². The van der Waals surface area contributed by atoms with Crippen molar-refractivity contribution < 1.29 is 4.79 Å². The summed E-state index contributed by atoms with van der Waals surface area (Å²) >= 11 is 1.55. The van der Waals surface area contributed by atoms with E-state index in [4.69, 9.17) is 0 Å². The van der Waals surface area contributed by atoms with Gasteiger partial charge in [-0.1, -0.05) is 12.1 Å². The zero-order chi connectivity index (χ0) is 13.2. The molecule has 5 heteroatoms. The van der Waals surface area contributed by atoms with Crippen LogP contribution >= 0.6 is 11.3 Å². The number of carbonyl (C=O) groups excluding carboxylic acids is 1. The lowest BCUT2D eigenvalue weighted by molar-refractivity contribution is 0.102. The summed E-state index contributed by atoms with van der Waals surface area (Å²) in [5.41, 5.74) is 1.47. The molecule has 0 aliphatic heterocycles. The van der Waals surface area contributed by atoms with Gasteiger partial charge in [-0.15, -0.1) is 11.3 Å². The van der Waals surface area contributed by atoms with Crippen LogP contribution in [0.2, 0.25) is 0 Å². The summed E-state index contributed by atoms with van der Waals surface area (Å²) in [5.74, 6) is 0.150. The highest BCUT2D eigenvalue weighted by Crippen LogP contribution is 2.25. The maximum absolute atomic E-state index is 12.3. The van der Waals surface area contributed by atoms with E-state index in [0.717, 1.165) is 15.8 Å². The molecule has 0 spiro atoms. The molecule has 0 radical (unpaired) electrons. The Morgan fingerprint density at radius 3 is 3.00 bits per heavy atom. The number of hydrogen-bond acceptors (Lipinski definition) is 4. The second-order valence-electron chi connectivity index (χ2n) is 4.12. The number of anilines is 1. The second kappa shape index (κ2) is 4.78. The molecule has 0 bridgehead atoms. The SMILES string of the molecule is Cc1ccnc(NC(=O)c2cccc3ccsc23)n1. The van der Waals surface area contributed by atoms with Gasteiger partial charge in [0.1, 0.15) is 0 Å². The van der Waals surface area contributed by atoms with Crippen molar-refractivity contribution in [2.45, 2.75) is 6.92 Å². The first kappa shape index (κ1) is 11.8. The molecular formula is C14H11N3OS. The molecular weight excluding hydrogens is 258 g/mol. The molecule has 0 saturated heterocycles. The third-order valence-electron chi connectivity index (χ3n) is 2.74. The van der Waals surface area contributed by atoms with E-state index in [0.29, 0.717) is 11.5 Å². The number of nitrogens with zero attached hydrogens (tertiary/aromatic N) is 2. The summed E-state index contributed by atoms with van der Waals surface area (Å²) in [6.45, 7) is 1.86. The third kappa shape index (κ3) is 2.32. The van der Waals surface area contributed by atoms with E-state index in [9.17, 15) is 4.79 Å². The summed E-state index contributed by atoms with van der Waals surface area (Å²) in [5, 5.41) is 5.78. The Hall–Kier alpha value is -2.27. The fraction of sp³-hybridized carbons (Fsp3) is 0.0714. The molecule has 94 valence electrons. The predicted octanol–water partition coefficient (Wildman–Crippen LogP) is 3.25. The largest absolute Gasteiger partial charge is 0.290 e. The zero-order valence-electron chi connectivity index (χ0n) is 10.3. The summed E-state index contributed by atoms with van der Waals surface area (Å²) in [6, 6.07) is 9.46. The monoisotopic (exact) mass is 269 g/mol. The summed E-state index contributed by atoms with van der Waals surface area (Å²) in [7, 11) is 0. The Labute approximate surface area is 114 Å². The minimum atomic E-state index is -0.182. The van der Waals surface area contributed by atoms with Crippen molar-refractivity contribution in [2.24, 2.45) is 0 Å². The summed E-state index contributed by atoms with van der Waals surface area (Å²) in [4.78, 5) is 20.5. The van der Waals surface area contributed by atoms with Gasteiger partial charge in [0, 0.05) is 16.6 Å². The van der Waals surface area contributed by atoms with Gasteiger partial charge in [-0.05, 0) is 35.9 Å². The Balaban J connectivity index is 1.94. The molecule has 0 aliphatic carbocycles. The van der Waals surface area contributed by atoms with Crippen LogP contribution in [0.1, 0.15) is 16.1 Å². The molecule has 3 aromatic rings. The Morgan fingerprint density at radius 1 is 1.26 bits per heavy atom. The van der Waals surface area contributed by atoms with Crippen molar-refractivity contribution in [1.82, 2.24) is 9.97 Å². The highest BCUT2D eigenvalue weighted by atomic mass is 32.1. The van der Waals surface area contributed by atoms with Crippen LogP contribution in [0.3, 0.4) is 0 Å². The van der Waals surface area contributed by atoms with Crippen molar-refractivity contribution in [2.75, 3.05) is 5.32 Å². The molecule has 3 rings (SSSR count). The van der Waals surface area contributed by atoms with E-state index < -0.39 is 0 Å². The number of hydrogen-bond donors (Lipinski definition) is 1. The average molecular weight is 269 g/mol. The number of carbonyl (C=O) groups is 1. The van der Waals surface area contributed by atoms with Crippen LogP contribution in [-0.2, 0) is 0 Å². The minimum Gasteiger partial charge on any atom is -0.290 e. The number of rotatable bonds is 2. The maximum Gasteiger partial charge on any atom is 0.259 e. The van der Waals surface area contributed by atoms with Gasteiger partial charge in [0.2, 0.25) is 5.95 Å². The molecule has 0 saturated carbocycles. The molecule has 0 fully saturated rings. The van der Waals surface area contributed by atoms with Crippen LogP contribution < -0.4 is 5.32 Å².